The van der Waals surface area contributed by atoms with Gasteiger partial charge in [-0.25, -0.2) is 0 Å². The van der Waals surface area contributed by atoms with E-state index in [4.69, 9.17) is 22.1 Å². The van der Waals surface area contributed by atoms with Gasteiger partial charge in [-0.3, -0.25) is 9.69 Å². The molecule has 6 heteroatoms. The molecule has 0 bridgehead atoms. The summed E-state index contributed by atoms with van der Waals surface area (Å²) in [5.74, 6) is -0.0895. The lowest BCUT2D eigenvalue weighted by molar-refractivity contribution is -0.123. The topological polar surface area (TPSA) is 67.6 Å². The number of hydrogen-bond acceptors (Lipinski definition) is 4. The molecule has 0 saturated carbocycles. The predicted molar refractivity (Wildman–Crippen MR) is 102 cm³/mol. The first kappa shape index (κ1) is 20.2. The highest BCUT2D eigenvalue weighted by Gasteiger charge is 2.32. The summed E-state index contributed by atoms with van der Waals surface area (Å²) in [6.07, 6.45) is 1.59. The van der Waals surface area contributed by atoms with E-state index in [1.165, 1.54) is 0 Å². The summed E-state index contributed by atoms with van der Waals surface area (Å²) >= 11 is 6.03. The average molecular weight is 368 g/mol. The number of carbonyl (C=O) groups is 1. The molecule has 0 aliphatic carbocycles. The van der Waals surface area contributed by atoms with E-state index in [0.717, 1.165) is 25.1 Å². The van der Waals surface area contributed by atoms with Crippen molar-refractivity contribution in [3.05, 3.63) is 34.9 Å². The monoisotopic (exact) mass is 367 g/mol. The van der Waals surface area contributed by atoms with Gasteiger partial charge < -0.3 is 15.8 Å². The molecule has 1 aliphatic rings. The van der Waals surface area contributed by atoms with E-state index in [1.807, 2.05) is 31.2 Å². The van der Waals surface area contributed by atoms with E-state index >= 15 is 0 Å². The van der Waals surface area contributed by atoms with Gasteiger partial charge in [0, 0.05) is 24.7 Å². The van der Waals surface area contributed by atoms with Crippen LogP contribution in [0.1, 0.15) is 45.2 Å². The molecular formula is C19H30ClN3O2. The molecule has 0 spiro atoms. The summed E-state index contributed by atoms with van der Waals surface area (Å²) in [7, 11) is 0. The van der Waals surface area contributed by atoms with Crippen LogP contribution < -0.4 is 11.1 Å². The number of amides is 1. The lowest BCUT2D eigenvalue weighted by Gasteiger charge is -2.42. The summed E-state index contributed by atoms with van der Waals surface area (Å²) in [4.78, 5) is 14.6. The number of nitrogens with one attached hydrogen (secondary N) is 1. The number of halogens is 1. The third kappa shape index (κ3) is 5.96. The molecule has 0 radical (unpaired) electrons. The number of morpholine rings is 1. The maximum absolute atomic E-state index is 12.2. The molecule has 2 unspecified atom stereocenters. The Labute approximate surface area is 155 Å². The fraction of sp³-hybridized carbons (Fsp3) is 0.632. The van der Waals surface area contributed by atoms with E-state index in [1.54, 1.807) is 0 Å². The SMILES string of the molecule is CCCC(N)C(=O)NCC(c1ccc(Cl)cc1)N1CCOC(C)(C)C1. The van der Waals surface area contributed by atoms with Crippen LogP contribution in [-0.2, 0) is 9.53 Å². The third-order valence-corrected chi connectivity index (χ3v) is 4.81. The third-order valence-electron chi connectivity index (χ3n) is 4.56. The van der Waals surface area contributed by atoms with Crippen molar-refractivity contribution in [3.8, 4) is 0 Å². The fourth-order valence-corrected chi connectivity index (χ4v) is 3.36. The Bertz CT molecular complexity index is 562. The van der Waals surface area contributed by atoms with Crippen molar-refractivity contribution in [2.24, 2.45) is 5.73 Å². The van der Waals surface area contributed by atoms with Crippen LogP contribution in [0, 0.1) is 0 Å². The Morgan fingerprint density at radius 1 is 1.40 bits per heavy atom. The normalized spacial score (nSPS) is 20.0. The molecule has 140 valence electrons. The number of ether oxygens (including phenoxy) is 1. The molecule has 25 heavy (non-hydrogen) atoms. The van der Waals surface area contributed by atoms with Crippen molar-refractivity contribution in [3.63, 3.8) is 0 Å². The minimum absolute atomic E-state index is 0.0678. The summed E-state index contributed by atoms with van der Waals surface area (Å²) in [6, 6.07) is 7.44. The molecule has 1 aromatic carbocycles. The first-order chi connectivity index (χ1) is 11.8. The largest absolute Gasteiger partial charge is 0.373 e. The second-order valence-electron chi connectivity index (χ2n) is 7.29. The fourth-order valence-electron chi connectivity index (χ4n) is 3.23. The molecule has 0 aromatic heterocycles. The standard InChI is InChI=1S/C19H30ClN3O2/c1-4-5-16(21)18(24)22-12-17(14-6-8-15(20)9-7-14)23-10-11-25-19(2,3)13-23/h6-9,16-17H,4-5,10-13,21H2,1-3H3,(H,22,24). The van der Waals surface area contributed by atoms with Gasteiger partial charge in [0.05, 0.1) is 24.3 Å². The van der Waals surface area contributed by atoms with Crippen molar-refractivity contribution >= 4 is 17.5 Å². The van der Waals surface area contributed by atoms with E-state index in [9.17, 15) is 4.79 Å². The van der Waals surface area contributed by atoms with Gasteiger partial charge in [0.2, 0.25) is 5.91 Å². The highest BCUT2D eigenvalue weighted by Crippen LogP contribution is 2.27. The molecule has 1 aliphatic heterocycles. The smallest absolute Gasteiger partial charge is 0.236 e. The van der Waals surface area contributed by atoms with Crippen molar-refractivity contribution in [2.45, 2.75) is 51.3 Å². The average Bonchev–Trinajstić information content (AvgIpc) is 2.55. The zero-order valence-electron chi connectivity index (χ0n) is 15.4. The van der Waals surface area contributed by atoms with Crippen molar-refractivity contribution in [1.29, 1.82) is 0 Å². The lowest BCUT2D eigenvalue weighted by atomic mass is 10.0. The molecule has 1 aromatic rings. The molecule has 2 rings (SSSR count). The summed E-state index contributed by atoms with van der Waals surface area (Å²) < 4.78 is 5.83. The van der Waals surface area contributed by atoms with Crippen LogP contribution in [0.25, 0.3) is 0 Å². The Kier molecular flexibility index (Phi) is 7.25. The zero-order chi connectivity index (χ0) is 18.4. The zero-order valence-corrected chi connectivity index (χ0v) is 16.2. The van der Waals surface area contributed by atoms with Gasteiger partial charge in [0.25, 0.3) is 0 Å². The maximum Gasteiger partial charge on any atom is 0.236 e. The first-order valence-electron chi connectivity index (χ1n) is 8.99. The number of nitrogens with two attached hydrogens (primary N) is 1. The number of hydrogen-bond donors (Lipinski definition) is 2. The Hall–Kier alpha value is -1.14. The van der Waals surface area contributed by atoms with Crippen molar-refractivity contribution in [1.82, 2.24) is 10.2 Å². The predicted octanol–water partition coefficient (Wildman–Crippen LogP) is 2.74. The van der Waals surface area contributed by atoms with Gasteiger partial charge in [-0.1, -0.05) is 37.1 Å². The van der Waals surface area contributed by atoms with Crippen LogP contribution in [0.3, 0.4) is 0 Å². The number of rotatable bonds is 7. The summed E-state index contributed by atoms with van der Waals surface area (Å²) in [6.45, 7) is 9.04. The summed E-state index contributed by atoms with van der Waals surface area (Å²) in [5.41, 5.74) is 6.86. The Morgan fingerprint density at radius 3 is 2.68 bits per heavy atom. The Balaban J connectivity index is 2.12. The van der Waals surface area contributed by atoms with Gasteiger partial charge in [0.1, 0.15) is 0 Å². The molecule has 3 N–H and O–H groups in total. The molecule has 1 fully saturated rings. The van der Waals surface area contributed by atoms with Crippen LogP contribution >= 0.6 is 11.6 Å². The van der Waals surface area contributed by atoms with Gasteiger partial charge in [0.15, 0.2) is 0 Å². The van der Waals surface area contributed by atoms with Gasteiger partial charge in [-0.05, 0) is 38.0 Å². The van der Waals surface area contributed by atoms with Crippen LogP contribution in [0.4, 0.5) is 0 Å². The van der Waals surface area contributed by atoms with Gasteiger partial charge >= 0.3 is 0 Å². The highest BCUT2D eigenvalue weighted by atomic mass is 35.5. The summed E-state index contributed by atoms with van der Waals surface area (Å²) in [5, 5.41) is 3.73. The van der Waals surface area contributed by atoms with Gasteiger partial charge in [-0.15, -0.1) is 0 Å². The number of benzene rings is 1. The maximum atomic E-state index is 12.2. The first-order valence-corrected chi connectivity index (χ1v) is 9.37. The molecule has 1 amide bonds. The van der Waals surface area contributed by atoms with Crippen LogP contribution in [0.2, 0.25) is 5.02 Å². The van der Waals surface area contributed by atoms with Crippen molar-refractivity contribution < 1.29 is 9.53 Å². The minimum atomic E-state index is -0.447. The van der Waals surface area contributed by atoms with Crippen LogP contribution in [-0.4, -0.2) is 48.7 Å². The van der Waals surface area contributed by atoms with Crippen LogP contribution in [0.5, 0.6) is 0 Å². The van der Waals surface area contributed by atoms with Gasteiger partial charge in [-0.2, -0.15) is 0 Å². The lowest BCUT2D eigenvalue weighted by Crippen LogP contribution is -2.52. The molecule has 1 saturated heterocycles. The van der Waals surface area contributed by atoms with E-state index < -0.39 is 6.04 Å². The second-order valence-corrected chi connectivity index (χ2v) is 7.72. The molecule has 5 nitrogen and oxygen atoms in total. The highest BCUT2D eigenvalue weighted by molar-refractivity contribution is 6.30. The molecular weight excluding hydrogens is 338 g/mol. The van der Waals surface area contributed by atoms with E-state index in [2.05, 4.69) is 24.1 Å². The minimum Gasteiger partial charge on any atom is -0.373 e. The second kappa shape index (κ2) is 8.99. The van der Waals surface area contributed by atoms with E-state index in [0.29, 0.717) is 24.6 Å². The molecule has 2 atom stereocenters. The van der Waals surface area contributed by atoms with Crippen LogP contribution in [0.15, 0.2) is 24.3 Å². The number of carbonyl (C=O) groups excluding carboxylic acids is 1. The number of nitrogens with zero attached hydrogens (tertiary/aromatic N) is 1. The quantitative estimate of drug-likeness (QED) is 0.777. The van der Waals surface area contributed by atoms with E-state index in [-0.39, 0.29) is 17.6 Å². The Morgan fingerprint density at radius 2 is 2.08 bits per heavy atom. The van der Waals surface area contributed by atoms with Crippen molar-refractivity contribution in [2.75, 3.05) is 26.2 Å². The molecule has 1 heterocycles.